The van der Waals surface area contributed by atoms with Crippen molar-refractivity contribution in [1.82, 2.24) is 4.90 Å². The first kappa shape index (κ1) is 20.6. The number of hydrogen-bond acceptors (Lipinski definition) is 4. The van der Waals surface area contributed by atoms with Crippen molar-refractivity contribution in [2.45, 2.75) is 31.2 Å². The number of primary amides is 1. The highest BCUT2D eigenvalue weighted by Gasteiger charge is 2.20. The zero-order valence-corrected chi connectivity index (χ0v) is 16.1. The molecule has 0 atom stereocenters. The molecule has 7 heteroatoms. The molecule has 0 aliphatic heterocycles. The number of rotatable bonds is 9. The molecule has 27 heavy (non-hydrogen) atoms. The van der Waals surface area contributed by atoms with Crippen LogP contribution in [0.15, 0.2) is 59.5 Å². The van der Waals surface area contributed by atoms with Crippen LogP contribution in [0.3, 0.4) is 0 Å². The van der Waals surface area contributed by atoms with Crippen LogP contribution in [-0.2, 0) is 26.0 Å². The summed E-state index contributed by atoms with van der Waals surface area (Å²) in [6.45, 7) is 2.34. The Morgan fingerprint density at radius 3 is 2.19 bits per heavy atom. The van der Waals surface area contributed by atoms with Crippen LogP contribution in [0.2, 0.25) is 0 Å². The lowest BCUT2D eigenvalue weighted by molar-refractivity contribution is -0.131. The number of amides is 2. The van der Waals surface area contributed by atoms with Crippen LogP contribution in [-0.4, -0.2) is 37.4 Å². The van der Waals surface area contributed by atoms with Gasteiger partial charge in [0.05, 0.1) is 10.6 Å². The molecule has 0 bridgehead atoms. The molecule has 2 N–H and O–H groups in total. The number of carbonyl (C=O) groups excluding carboxylic acids is 2. The highest BCUT2D eigenvalue weighted by molar-refractivity contribution is 7.91. The van der Waals surface area contributed by atoms with Crippen molar-refractivity contribution < 1.29 is 18.0 Å². The predicted molar refractivity (Wildman–Crippen MR) is 104 cm³/mol. The van der Waals surface area contributed by atoms with Gasteiger partial charge in [-0.05, 0) is 24.6 Å². The van der Waals surface area contributed by atoms with Crippen molar-refractivity contribution in [3.05, 3.63) is 65.7 Å². The van der Waals surface area contributed by atoms with Gasteiger partial charge in [-0.25, -0.2) is 8.42 Å². The number of sulfone groups is 1. The summed E-state index contributed by atoms with van der Waals surface area (Å²) in [6.07, 6.45) is -0.120. The molecule has 144 valence electrons. The molecule has 0 radical (unpaired) electrons. The van der Waals surface area contributed by atoms with Gasteiger partial charge in [0.25, 0.3) is 0 Å². The van der Waals surface area contributed by atoms with Gasteiger partial charge in [-0.15, -0.1) is 0 Å². The predicted octanol–water partition coefficient (Wildman–Crippen LogP) is 2.06. The minimum Gasteiger partial charge on any atom is -0.370 e. The van der Waals surface area contributed by atoms with Gasteiger partial charge in [0.1, 0.15) is 0 Å². The zero-order valence-electron chi connectivity index (χ0n) is 15.3. The van der Waals surface area contributed by atoms with Crippen LogP contribution in [0.5, 0.6) is 0 Å². The van der Waals surface area contributed by atoms with Gasteiger partial charge >= 0.3 is 0 Å². The SMILES string of the molecule is Cc1ccc(S(=O)(=O)CCC(=O)N(CCC(N)=O)Cc2ccccc2)cc1. The van der Waals surface area contributed by atoms with Crippen molar-refractivity contribution in [1.29, 1.82) is 0 Å². The molecule has 0 unspecified atom stereocenters. The van der Waals surface area contributed by atoms with Crippen LogP contribution in [0, 0.1) is 6.92 Å². The summed E-state index contributed by atoms with van der Waals surface area (Å²) in [5.41, 5.74) is 7.06. The maximum Gasteiger partial charge on any atom is 0.223 e. The number of nitrogens with zero attached hydrogens (tertiary/aromatic N) is 1. The lowest BCUT2D eigenvalue weighted by Gasteiger charge is -2.22. The molecular weight excluding hydrogens is 364 g/mol. The van der Waals surface area contributed by atoms with Gasteiger partial charge in [0.2, 0.25) is 11.8 Å². The van der Waals surface area contributed by atoms with Crippen LogP contribution < -0.4 is 5.73 Å². The van der Waals surface area contributed by atoms with Crippen LogP contribution in [0.1, 0.15) is 24.0 Å². The van der Waals surface area contributed by atoms with Crippen molar-refractivity contribution >= 4 is 21.7 Å². The molecule has 0 heterocycles. The summed E-state index contributed by atoms with van der Waals surface area (Å²) >= 11 is 0. The number of nitrogens with two attached hydrogens (primary N) is 1. The minimum absolute atomic E-state index is 0.0310. The molecule has 0 aromatic heterocycles. The smallest absolute Gasteiger partial charge is 0.223 e. The van der Waals surface area contributed by atoms with Crippen molar-refractivity contribution in [3.63, 3.8) is 0 Å². The van der Waals surface area contributed by atoms with E-state index in [0.29, 0.717) is 6.54 Å². The first-order valence-electron chi connectivity index (χ1n) is 8.67. The van der Waals surface area contributed by atoms with E-state index in [9.17, 15) is 18.0 Å². The summed E-state index contributed by atoms with van der Waals surface area (Å²) < 4.78 is 24.9. The third-order valence-corrected chi connectivity index (χ3v) is 5.89. The van der Waals surface area contributed by atoms with E-state index >= 15 is 0 Å². The summed E-state index contributed by atoms with van der Waals surface area (Å²) in [6, 6.07) is 15.9. The fourth-order valence-corrected chi connectivity index (χ4v) is 3.81. The van der Waals surface area contributed by atoms with Gasteiger partial charge < -0.3 is 10.6 Å². The third-order valence-electron chi connectivity index (χ3n) is 4.16. The minimum atomic E-state index is -3.55. The molecule has 0 spiro atoms. The monoisotopic (exact) mass is 388 g/mol. The highest BCUT2D eigenvalue weighted by atomic mass is 32.2. The van der Waals surface area contributed by atoms with Gasteiger partial charge in [-0.1, -0.05) is 48.0 Å². The number of hydrogen-bond donors (Lipinski definition) is 1. The second kappa shape index (κ2) is 9.32. The second-order valence-electron chi connectivity index (χ2n) is 6.40. The normalized spacial score (nSPS) is 11.1. The molecule has 0 saturated carbocycles. The Hall–Kier alpha value is -2.67. The Balaban J connectivity index is 2.05. The Bertz CT molecular complexity index is 878. The van der Waals surface area contributed by atoms with E-state index in [4.69, 9.17) is 5.73 Å². The van der Waals surface area contributed by atoms with Crippen LogP contribution >= 0.6 is 0 Å². The molecule has 0 aliphatic carbocycles. The summed E-state index contributed by atoms with van der Waals surface area (Å²) in [7, 11) is -3.55. The standard InChI is InChI=1S/C20H24N2O4S/c1-16-7-9-18(10-8-16)27(25,26)14-12-20(24)22(13-11-19(21)23)15-17-5-3-2-4-6-17/h2-10H,11-15H2,1H3,(H2,21,23). The Labute approximate surface area is 159 Å². The summed E-state index contributed by atoms with van der Waals surface area (Å²) in [5.74, 6) is -1.11. The average Bonchev–Trinajstić information content (AvgIpc) is 2.64. The fourth-order valence-electron chi connectivity index (χ4n) is 2.58. The molecule has 0 aliphatic rings. The maximum absolute atomic E-state index is 12.6. The number of benzene rings is 2. The van der Waals surface area contributed by atoms with E-state index in [0.717, 1.165) is 11.1 Å². The highest BCUT2D eigenvalue weighted by Crippen LogP contribution is 2.14. The first-order chi connectivity index (χ1) is 12.8. The van der Waals surface area contributed by atoms with Crippen LogP contribution in [0.25, 0.3) is 0 Å². The topological polar surface area (TPSA) is 97.5 Å². The Morgan fingerprint density at radius 1 is 0.963 bits per heavy atom. The van der Waals surface area contributed by atoms with Gasteiger partial charge in [-0.3, -0.25) is 9.59 Å². The molecule has 0 fully saturated rings. The van der Waals surface area contributed by atoms with E-state index in [-0.39, 0.29) is 35.9 Å². The average molecular weight is 388 g/mol. The molecule has 2 aromatic rings. The van der Waals surface area contributed by atoms with Crippen molar-refractivity contribution in [2.24, 2.45) is 5.73 Å². The van der Waals surface area contributed by atoms with E-state index < -0.39 is 15.7 Å². The number of carbonyl (C=O) groups is 2. The molecule has 2 rings (SSSR count). The Kier molecular flexibility index (Phi) is 7.12. The molecule has 0 saturated heterocycles. The van der Waals surface area contributed by atoms with Gasteiger partial charge in [0, 0.05) is 25.9 Å². The van der Waals surface area contributed by atoms with E-state index in [2.05, 4.69) is 0 Å². The molecule has 2 aromatic carbocycles. The summed E-state index contributed by atoms with van der Waals surface area (Å²) in [5, 5.41) is 0. The lowest BCUT2D eigenvalue weighted by atomic mass is 10.2. The van der Waals surface area contributed by atoms with Crippen LogP contribution in [0.4, 0.5) is 0 Å². The van der Waals surface area contributed by atoms with Crippen molar-refractivity contribution in [2.75, 3.05) is 12.3 Å². The van der Waals surface area contributed by atoms with E-state index in [1.807, 2.05) is 37.3 Å². The number of aryl methyl sites for hydroxylation is 1. The second-order valence-corrected chi connectivity index (χ2v) is 8.51. The fraction of sp³-hybridized carbons (Fsp3) is 0.300. The van der Waals surface area contributed by atoms with Gasteiger partial charge in [0.15, 0.2) is 9.84 Å². The first-order valence-corrected chi connectivity index (χ1v) is 10.3. The quantitative estimate of drug-likeness (QED) is 0.711. The summed E-state index contributed by atoms with van der Waals surface area (Å²) in [4.78, 5) is 25.4. The largest absolute Gasteiger partial charge is 0.370 e. The molecule has 2 amide bonds. The van der Waals surface area contributed by atoms with E-state index in [1.54, 1.807) is 24.3 Å². The zero-order chi connectivity index (χ0) is 19.9. The van der Waals surface area contributed by atoms with Crippen molar-refractivity contribution in [3.8, 4) is 0 Å². The van der Waals surface area contributed by atoms with Gasteiger partial charge in [-0.2, -0.15) is 0 Å². The van der Waals surface area contributed by atoms with E-state index in [1.165, 1.54) is 4.90 Å². The molecule has 6 nitrogen and oxygen atoms in total. The lowest BCUT2D eigenvalue weighted by Crippen LogP contribution is -2.34. The third kappa shape index (κ3) is 6.53. The molecular formula is C20H24N2O4S. The Morgan fingerprint density at radius 2 is 1.59 bits per heavy atom. The maximum atomic E-state index is 12.6.